The average molecular weight is 202 g/mol. The third-order valence-electron chi connectivity index (χ3n) is 2.53. The van der Waals surface area contributed by atoms with Crippen LogP contribution in [0.3, 0.4) is 0 Å². The summed E-state index contributed by atoms with van der Waals surface area (Å²) in [6, 6.07) is 0. The molecule has 1 rings (SSSR count). The maximum absolute atomic E-state index is 14.0. The Morgan fingerprint density at radius 2 is 2.36 bits per heavy atom. The summed E-state index contributed by atoms with van der Waals surface area (Å²) in [5.74, 6) is -1.59. The second kappa shape index (κ2) is 4.07. The number of rotatable bonds is 2. The van der Waals surface area contributed by atoms with Crippen molar-refractivity contribution in [2.45, 2.75) is 38.8 Å². The quantitative estimate of drug-likeness (QED) is 0.505. The number of carbonyl (C=O) groups excluding carboxylic acids is 2. The monoisotopic (exact) mass is 202 g/mol. The Balaban J connectivity index is 2.78. The molecule has 0 saturated heterocycles. The second-order valence-electron chi connectivity index (χ2n) is 3.79. The Labute approximate surface area is 82.6 Å². The summed E-state index contributed by atoms with van der Waals surface area (Å²) in [7, 11) is 0. The van der Waals surface area contributed by atoms with Crippen LogP contribution < -0.4 is 0 Å². The summed E-state index contributed by atoms with van der Waals surface area (Å²) in [5.41, 5.74) is -2.38. The molecule has 1 saturated carbocycles. The van der Waals surface area contributed by atoms with Gasteiger partial charge in [0.15, 0.2) is 5.78 Å². The van der Waals surface area contributed by atoms with Gasteiger partial charge in [0.2, 0.25) is 0 Å². The standard InChI is InChI=1S/C10H15FO3/c1-3-14-9(13)10(11)6-7(2)4-5-8(10)12/h7H,3-6H2,1-2H3. The molecule has 0 aromatic rings. The highest BCUT2D eigenvalue weighted by molar-refractivity contribution is 6.07. The lowest BCUT2D eigenvalue weighted by Crippen LogP contribution is -2.47. The van der Waals surface area contributed by atoms with Gasteiger partial charge in [-0.15, -0.1) is 0 Å². The maximum Gasteiger partial charge on any atom is 0.351 e. The zero-order valence-corrected chi connectivity index (χ0v) is 8.51. The van der Waals surface area contributed by atoms with Crippen LogP contribution in [0.1, 0.15) is 33.1 Å². The molecule has 0 aromatic heterocycles. The molecule has 80 valence electrons. The fraction of sp³-hybridized carbons (Fsp3) is 0.800. The summed E-state index contributed by atoms with van der Waals surface area (Å²) in [6.45, 7) is 3.53. The molecule has 2 atom stereocenters. The molecule has 1 aliphatic rings. The molecule has 0 bridgehead atoms. The van der Waals surface area contributed by atoms with Crippen LogP contribution in [0.5, 0.6) is 0 Å². The molecular weight excluding hydrogens is 187 g/mol. The van der Waals surface area contributed by atoms with Gasteiger partial charge in [-0.2, -0.15) is 0 Å². The van der Waals surface area contributed by atoms with Crippen molar-refractivity contribution in [2.75, 3.05) is 6.61 Å². The van der Waals surface area contributed by atoms with Gasteiger partial charge in [-0.25, -0.2) is 9.18 Å². The summed E-state index contributed by atoms with van der Waals surface area (Å²) in [4.78, 5) is 22.6. The van der Waals surface area contributed by atoms with Crippen molar-refractivity contribution in [3.8, 4) is 0 Å². The molecule has 0 spiro atoms. The van der Waals surface area contributed by atoms with Crippen molar-refractivity contribution in [1.82, 2.24) is 0 Å². The number of esters is 1. The predicted octanol–water partition coefficient (Wildman–Crippen LogP) is 1.65. The fourth-order valence-electron chi connectivity index (χ4n) is 1.71. The van der Waals surface area contributed by atoms with E-state index in [0.29, 0.717) is 6.42 Å². The predicted molar refractivity (Wildman–Crippen MR) is 48.5 cm³/mol. The smallest absolute Gasteiger partial charge is 0.351 e. The SMILES string of the molecule is CCOC(=O)C1(F)CC(C)CCC1=O. The van der Waals surface area contributed by atoms with Gasteiger partial charge in [0.25, 0.3) is 5.67 Å². The van der Waals surface area contributed by atoms with Gasteiger partial charge in [0, 0.05) is 12.8 Å². The molecule has 0 radical (unpaired) electrons. The minimum atomic E-state index is -2.38. The van der Waals surface area contributed by atoms with Gasteiger partial charge in [-0.1, -0.05) is 6.92 Å². The van der Waals surface area contributed by atoms with E-state index >= 15 is 0 Å². The third-order valence-corrected chi connectivity index (χ3v) is 2.53. The Hall–Kier alpha value is -0.930. The first-order valence-electron chi connectivity index (χ1n) is 4.90. The lowest BCUT2D eigenvalue weighted by molar-refractivity contribution is -0.165. The topological polar surface area (TPSA) is 43.4 Å². The van der Waals surface area contributed by atoms with E-state index in [1.807, 2.05) is 6.92 Å². The highest BCUT2D eigenvalue weighted by Crippen LogP contribution is 2.33. The molecule has 1 fully saturated rings. The third kappa shape index (κ3) is 1.94. The van der Waals surface area contributed by atoms with Crippen LogP contribution in [0.4, 0.5) is 4.39 Å². The Kier molecular flexibility index (Phi) is 3.24. The van der Waals surface area contributed by atoms with Crippen molar-refractivity contribution in [3.05, 3.63) is 0 Å². The second-order valence-corrected chi connectivity index (χ2v) is 3.79. The summed E-state index contributed by atoms with van der Waals surface area (Å²) in [6.07, 6.45) is 0.755. The minimum Gasteiger partial charge on any atom is -0.463 e. The largest absolute Gasteiger partial charge is 0.463 e. The molecule has 0 aliphatic heterocycles. The van der Waals surface area contributed by atoms with Crippen molar-refractivity contribution in [3.63, 3.8) is 0 Å². The van der Waals surface area contributed by atoms with E-state index in [9.17, 15) is 14.0 Å². The van der Waals surface area contributed by atoms with E-state index < -0.39 is 17.4 Å². The number of ether oxygens (including phenoxy) is 1. The van der Waals surface area contributed by atoms with Crippen LogP contribution in [0, 0.1) is 5.92 Å². The molecule has 1 aliphatic carbocycles. The van der Waals surface area contributed by atoms with E-state index in [0.717, 1.165) is 0 Å². The van der Waals surface area contributed by atoms with E-state index in [4.69, 9.17) is 0 Å². The van der Waals surface area contributed by atoms with Gasteiger partial charge in [-0.05, 0) is 19.3 Å². The molecule has 0 amide bonds. The molecule has 4 heteroatoms. The van der Waals surface area contributed by atoms with Gasteiger partial charge >= 0.3 is 5.97 Å². The van der Waals surface area contributed by atoms with Crippen molar-refractivity contribution < 1.29 is 18.7 Å². The molecule has 3 nitrogen and oxygen atoms in total. The summed E-state index contributed by atoms with van der Waals surface area (Å²) < 4.78 is 18.5. The van der Waals surface area contributed by atoms with E-state index in [-0.39, 0.29) is 25.4 Å². The number of ketones is 1. The van der Waals surface area contributed by atoms with Crippen LogP contribution in [0.2, 0.25) is 0 Å². The van der Waals surface area contributed by atoms with E-state index in [1.165, 1.54) is 0 Å². The highest BCUT2D eigenvalue weighted by Gasteiger charge is 2.50. The van der Waals surface area contributed by atoms with Gasteiger partial charge in [0.1, 0.15) is 0 Å². The van der Waals surface area contributed by atoms with Gasteiger partial charge in [-0.3, -0.25) is 4.79 Å². The average Bonchev–Trinajstić information content (AvgIpc) is 2.12. The number of Topliss-reactive ketones (excluding diaryl/α,β-unsaturated/α-hetero) is 1. The number of halogens is 1. The molecule has 2 unspecified atom stereocenters. The molecular formula is C10H15FO3. The molecule has 0 N–H and O–H groups in total. The normalized spacial score (nSPS) is 32.8. The van der Waals surface area contributed by atoms with Crippen molar-refractivity contribution in [2.24, 2.45) is 5.92 Å². The van der Waals surface area contributed by atoms with Crippen LogP contribution >= 0.6 is 0 Å². The lowest BCUT2D eigenvalue weighted by Gasteiger charge is -2.29. The lowest BCUT2D eigenvalue weighted by atomic mass is 9.79. The maximum atomic E-state index is 14.0. The number of alkyl halides is 1. The van der Waals surface area contributed by atoms with E-state index in [1.54, 1.807) is 6.92 Å². The zero-order chi connectivity index (χ0) is 10.8. The Morgan fingerprint density at radius 3 is 2.93 bits per heavy atom. The fourth-order valence-corrected chi connectivity index (χ4v) is 1.71. The summed E-state index contributed by atoms with van der Waals surface area (Å²) >= 11 is 0. The number of carbonyl (C=O) groups is 2. The van der Waals surface area contributed by atoms with Gasteiger partial charge in [0.05, 0.1) is 6.61 Å². The Morgan fingerprint density at radius 1 is 1.71 bits per heavy atom. The first-order chi connectivity index (χ1) is 6.50. The van der Waals surface area contributed by atoms with Crippen LogP contribution in [0.25, 0.3) is 0 Å². The zero-order valence-electron chi connectivity index (χ0n) is 8.51. The van der Waals surface area contributed by atoms with Crippen LogP contribution in [0.15, 0.2) is 0 Å². The van der Waals surface area contributed by atoms with Crippen LogP contribution in [-0.2, 0) is 14.3 Å². The van der Waals surface area contributed by atoms with Crippen LogP contribution in [-0.4, -0.2) is 24.0 Å². The van der Waals surface area contributed by atoms with Crippen molar-refractivity contribution >= 4 is 11.8 Å². The number of hydrogen-bond donors (Lipinski definition) is 0. The van der Waals surface area contributed by atoms with Gasteiger partial charge < -0.3 is 4.74 Å². The number of hydrogen-bond acceptors (Lipinski definition) is 3. The Bertz CT molecular complexity index is 252. The molecule has 14 heavy (non-hydrogen) atoms. The minimum absolute atomic E-state index is 0.0370. The first kappa shape index (κ1) is 11.1. The van der Waals surface area contributed by atoms with Crippen molar-refractivity contribution in [1.29, 1.82) is 0 Å². The highest BCUT2D eigenvalue weighted by atomic mass is 19.1. The van der Waals surface area contributed by atoms with E-state index in [2.05, 4.69) is 4.74 Å². The first-order valence-corrected chi connectivity index (χ1v) is 4.90. The molecule has 0 aromatic carbocycles. The molecule has 0 heterocycles. The summed E-state index contributed by atoms with van der Waals surface area (Å²) in [5, 5.41) is 0.